The number of hydrogen-bond donors (Lipinski definition) is 0. The van der Waals surface area contributed by atoms with E-state index in [9.17, 15) is 4.79 Å². The molecule has 5 rings (SSSR count). The molecule has 4 heteroatoms. The van der Waals surface area contributed by atoms with E-state index in [2.05, 4.69) is 65.5 Å². The van der Waals surface area contributed by atoms with Crippen molar-refractivity contribution < 1.29 is 4.79 Å². The summed E-state index contributed by atoms with van der Waals surface area (Å²) in [5.41, 5.74) is 4.60. The molecule has 0 fully saturated rings. The van der Waals surface area contributed by atoms with Gasteiger partial charge in [-0.05, 0) is 47.4 Å². The third-order valence-corrected chi connectivity index (χ3v) is 6.36. The van der Waals surface area contributed by atoms with Crippen molar-refractivity contribution >= 4 is 43.5 Å². The van der Waals surface area contributed by atoms with Gasteiger partial charge >= 0.3 is 0 Å². The van der Waals surface area contributed by atoms with Crippen molar-refractivity contribution in [2.75, 3.05) is 0 Å². The van der Waals surface area contributed by atoms with Crippen LogP contribution in [-0.4, -0.2) is 15.3 Å². The Bertz CT molecular complexity index is 1490. The molecule has 5 aromatic rings. The number of benzene rings is 3. The van der Waals surface area contributed by atoms with Crippen LogP contribution in [-0.2, 0) is 5.41 Å². The maximum atomic E-state index is 13.2. The number of halogens is 1. The molecule has 32 heavy (non-hydrogen) atoms. The van der Waals surface area contributed by atoms with Crippen LogP contribution in [0.4, 0.5) is 0 Å². The number of carbonyl (C=O) groups is 1. The van der Waals surface area contributed by atoms with Crippen molar-refractivity contribution in [3.8, 4) is 5.82 Å². The van der Waals surface area contributed by atoms with Gasteiger partial charge in [0.15, 0.2) is 5.78 Å². The third kappa shape index (κ3) is 3.55. The number of nitrogens with zero attached hydrogens (tertiary/aromatic N) is 2. The zero-order valence-corrected chi connectivity index (χ0v) is 19.8. The second-order valence-electron chi connectivity index (χ2n) is 9.08. The van der Waals surface area contributed by atoms with Gasteiger partial charge in [0.25, 0.3) is 0 Å². The molecule has 0 aliphatic carbocycles. The molecule has 158 valence electrons. The minimum atomic E-state index is 0.00130. The predicted octanol–water partition coefficient (Wildman–Crippen LogP) is 7.47. The molecule has 0 aliphatic heterocycles. The van der Waals surface area contributed by atoms with Crippen LogP contribution < -0.4 is 0 Å². The van der Waals surface area contributed by atoms with Crippen LogP contribution in [0.3, 0.4) is 0 Å². The van der Waals surface area contributed by atoms with E-state index in [1.807, 2.05) is 60.8 Å². The standard InChI is InChI=1S/C28H23BrN2O/c1-28(2,3)20-13-14-30-26(17-20)31-24-10-5-4-9-22(24)23-12-11-19(16-25(23)31)27(32)18-7-6-8-21(29)15-18/h4-17H,1-3H3. The largest absolute Gasteiger partial charge is 0.294 e. The summed E-state index contributed by atoms with van der Waals surface area (Å²) in [5.74, 6) is 0.858. The maximum Gasteiger partial charge on any atom is 0.193 e. The highest BCUT2D eigenvalue weighted by Gasteiger charge is 2.19. The van der Waals surface area contributed by atoms with Gasteiger partial charge in [-0.2, -0.15) is 0 Å². The second-order valence-corrected chi connectivity index (χ2v) is 9.99. The van der Waals surface area contributed by atoms with Gasteiger partial charge in [0.2, 0.25) is 0 Å². The highest BCUT2D eigenvalue weighted by atomic mass is 79.9. The minimum Gasteiger partial charge on any atom is -0.294 e. The van der Waals surface area contributed by atoms with E-state index >= 15 is 0 Å². The zero-order chi connectivity index (χ0) is 22.5. The van der Waals surface area contributed by atoms with Crippen molar-refractivity contribution in [3.05, 3.63) is 106 Å². The molecule has 0 spiro atoms. The highest BCUT2D eigenvalue weighted by Crippen LogP contribution is 2.33. The van der Waals surface area contributed by atoms with Gasteiger partial charge < -0.3 is 0 Å². The number of rotatable bonds is 3. The fourth-order valence-electron chi connectivity index (χ4n) is 4.16. The molecule has 0 atom stereocenters. The molecule has 0 bridgehead atoms. The van der Waals surface area contributed by atoms with Crippen LogP contribution in [0.2, 0.25) is 0 Å². The molecule has 0 N–H and O–H groups in total. The SMILES string of the molecule is CC(C)(C)c1ccnc(-n2c3ccccc3c3ccc(C(=O)c4cccc(Br)c4)cc32)c1. The Labute approximate surface area is 195 Å². The van der Waals surface area contributed by atoms with Crippen LogP contribution in [0, 0.1) is 0 Å². The lowest BCUT2D eigenvalue weighted by Crippen LogP contribution is -2.12. The molecular weight excluding hydrogens is 460 g/mol. The van der Waals surface area contributed by atoms with Gasteiger partial charge in [0, 0.05) is 32.6 Å². The van der Waals surface area contributed by atoms with E-state index in [4.69, 9.17) is 4.98 Å². The van der Waals surface area contributed by atoms with E-state index in [1.165, 1.54) is 5.56 Å². The van der Waals surface area contributed by atoms with E-state index < -0.39 is 0 Å². The summed E-state index contributed by atoms with van der Waals surface area (Å²) in [5, 5.41) is 2.25. The molecule has 2 heterocycles. The van der Waals surface area contributed by atoms with Crippen LogP contribution >= 0.6 is 15.9 Å². The molecular formula is C28H23BrN2O. The van der Waals surface area contributed by atoms with Gasteiger partial charge in [-0.1, -0.05) is 79.2 Å². The number of ketones is 1. The third-order valence-electron chi connectivity index (χ3n) is 5.86. The van der Waals surface area contributed by atoms with Gasteiger partial charge in [-0.25, -0.2) is 4.98 Å². The second kappa shape index (κ2) is 7.72. The Balaban J connectivity index is 1.76. The summed E-state index contributed by atoms with van der Waals surface area (Å²) in [6, 6.07) is 26.0. The number of aromatic nitrogens is 2. The van der Waals surface area contributed by atoms with Crippen LogP contribution in [0.15, 0.2) is 89.5 Å². The Hall–Kier alpha value is -3.24. The molecule has 2 aromatic heterocycles. The molecule has 0 saturated heterocycles. The maximum absolute atomic E-state index is 13.2. The van der Waals surface area contributed by atoms with Crippen molar-refractivity contribution in [2.45, 2.75) is 26.2 Å². The van der Waals surface area contributed by atoms with Crippen molar-refractivity contribution in [2.24, 2.45) is 0 Å². The molecule has 0 unspecified atom stereocenters. The lowest BCUT2D eigenvalue weighted by atomic mass is 9.88. The first kappa shape index (κ1) is 20.7. The first-order chi connectivity index (χ1) is 15.3. The lowest BCUT2D eigenvalue weighted by Gasteiger charge is -2.20. The predicted molar refractivity (Wildman–Crippen MR) is 135 cm³/mol. The Kier molecular flexibility index (Phi) is 4.98. The lowest BCUT2D eigenvalue weighted by molar-refractivity contribution is 0.103. The van der Waals surface area contributed by atoms with E-state index in [-0.39, 0.29) is 11.2 Å². The summed E-state index contributed by atoms with van der Waals surface area (Å²) in [4.78, 5) is 18.0. The number of para-hydroxylation sites is 1. The van der Waals surface area contributed by atoms with Crippen molar-refractivity contribution in [1.82, 2.24) is 9.55 Å². The summed E-state index contributed by atoms with van der Waals surface area (Å²) < 4.78 is 3.05. The normalized spacial score (nSPS) is 11.9. The van der Waals surface area contributed by atoms with Crippen LogP contribution in [0.5, 0.6) is 0 Å². The molecule has 0 aliphatic rings. The smallest absolute Gasteiger partial charge is 0.193 e. The highest BCUT2D eigenvalue weighted by molar-refractivity contribution is 9.10. The Morgan fingerprint density at radius 2 is 1.56 bits per heavy atom. The zero-order valence-electron chi connectivity index (χ0n) is 18.3. The fourth-order valence-corrected chi connectivity index (χ4v) is 4.56. The van der Waals surface area contributed by atoms with Crippen LogP contribution in [0.25, 0.3) is 27.6 Å². The monoisotopic (exact) mass is 482 g/mol. The van der Waals surface area contributed by atoms with E-state index in [0.717, 1.165) is 32.1 Å². The number of fused-ring (bicyclic) bond motifs is 3. The van der Waals surface area contributed by atoms with Gasteiger partial charge in [-0.3, -0.25) is 9.36 Å². The van der Waals surface area contributed by atoms with Crippen LogP contribution in [0.1, 0.15) is 42.3 Å². The number of carbonyl (C=O) groups excluding carboxylic acids is 1. The molecule has 0 radical (unpaired) electrons. The quantitative estimate of drug-likeness (QED) is 0.250. The topological polar surface area (TPSA) is 34.9 Å². The molecule has 3 nitrogen and oxygen atoms in total. The fraction of sp³-hybridized carbons (Fsp3) is 0.143. The van der Waals surface area contributed by atoms with Gasteiger partial charge in [0.1, 0.15) is 5.82 Å². The van der Waals surface area contributed by atoms with Gasteiger partial charge in [-0.15, -0.1) is 0 Å². The van der Waals surface area contributed by atoms with Crippen molar-refractivity contribution in [3.63, 3.8) is 0 Å². The first-order valence-corrected chi connectivity index (χ1v) is 11.4. The van der Waals surface area contributed by atoms with E-state index in [0.29, 0.717) is 11.1 Å². The van der Waals surface area contributed by atoms with Crippen molar-refractivity contribution in [1.29, 1.82) is 0 Å². The first-order valence-electron chi connectivity index (χ1n) is 10.6. The number of hydrogen-bond acceptors (Lipinski definition) is 2. The Morgan fingerprint density at radius 1 is 0.812 bits per heavy atom. The molecule has 3 aromatic carbocycles. The average molecular weight is 483 g/mol. The summed E-state index contributed by atoms with van der Waals surface area (Å²) in [6.07, 6.45) is 1.87. The number of pyridine rings is 1. The molecule has 0 saturated carbocycles. The Morgan fingerprint density at radius 3 is 2.34 bits per heavy atom. The van der Waals surface area contributed by atoms with Gasteiger partial charge in [0.05, 0.1) is 11.0 Å². The minimum absolute atomic E-state index is 0.00130. The van der Waals surface area contributed by atoms with E-state index in [1.54, 1.807) is 0 Å². The summed E-state index contributed by atoms with van der Waals surface area (Å²) >= 11 is 3.47. The summed E-state index contributed by atoms with van der Waals surface area (Å²) in [6.45, 7) is 6.60. The average Bonchev–Trinajstić information content (AvgIpc) is 3.12. The molecule has 0 amide bonds. The summed E-state index contributed by atoms with van der Waals surface area (Å²) in [7, 11) is 0.